The van der Waals surface area contributed by atoms with Crippen LogP contribution in [0.2, 0.25) is 5.02 Å². The molecule has 2 aromatic rings. The second-order valence-electron chi connectivity index (χ2n) is 4.15. The topological polar surface area (TPSA) is 47.6 Å². The van der Waals surface area contributed by atoms with Gasteiger partial charge in [0.2, 0.25) is 0 Å². The van der Waals surface area contributed by atoms with Gasteiger partial charge in [0.15, 0.2) is 11.5 Å². The van der Waals surface area contributed by atoms with E-state index in [1.807, 2.05) is 0 Å². The first-order valence-corrected chi connectivity index (χ1v) is 7.20. The monoisotopic (exact) mass is 369 g/mol. The van der Waals surface area contributed by atoms with Gasteiger partial charge in [-0.15, -0.1) is 0 Å². The number of halogens is 2. The molecule has 0 saturated carbocycles. The zero-order chi connectivity index (χ0) is 15.4. The van der Waals surface area contributed by atoms with Crippen LogP contribution in [0, 0.1) is 0 Å². The van der Waals surface area contributed by atoms with E-state index in [9.17, 15) is 4.79 Å². The van der Waals surface area contributed by atoms with E-state index in [-0.39, 0.29) is 5.91 Å². The van der Waals surface area contributed by atoms with Crippen LogP contribution in [-0.2, 0) is 0 Å². The van der Waals surface area contributed by atoms with Crippen molar-refractivity contribution >= 4 is 39.1 Å². The fraction of sp³-hybridized carbons (Fsp3) is 0.133. The van der Waals surface area contributed by atoms with Gasteiger partial charge in [-0.2, -0.15) is 0 Å². The van der Waals surface area contributed by atoms with E-state index < -0.39 is 0 Å². The predicted molar refractivity (Wildman–Crippen MR) is 86.7 cm³/mol. The Morgan fingerprint density at radius 1 is 1.10 bits per heavy atom. The molecule has 6 heteroatoms. The lowest BCUT2D eigenvalue weighted by atomic mass is 10.2. The molecule has 0 bridgehead atoms. The minimum absolute atomic E-state index is 0.245. The fourth-order valence-electron chi connectivity index (χ4n) is 1.75. The number of hydrogen-bond acceptors (Lipinski definition) is 3. The Morgan fingerprint density at radius 3 is 2.43 bits per heavy atom. The first-order valence-electron chi connectivity index (χ1n) is 6.03. The van der Waals surface area contributed by atoms with Crippen LogP contribution in [0.15, 0.2) is 40.9 Å². The third kappa shape index (κ3) is 3.68. The molecule has 110 valence electrons. The van der Waals surface area contributed by atoms with Crippen molar-refractivity contribution in [1.82, 2.24) is 0 Å². The molecule has 0 aliphatic rings. The maximum absolute atomic E-state index is 12.2. The molecule has 0 aromatic heterocycles. The quantitative estimate of drug-likeness (QED) is 0.869. The number of anilines is 1. The van der Waals surface area contributed by atoms with Crippen molar-refractivity contribution in [1.29, 1.82) is 0 Å². The van der Waals surface area contributed by atoms with Crippen molar-refractivity contribution in [3.8, 4) is 11.5 Å². The molecule has 1 N–H and O–H groups in total. The van der Waals surface area contributed by atoms with E-state index in [0.29, 0.717) is 32.2 Å². The van der Waals surface area contributed by atoms with Crippen LogP contribution < -0.4 is 14.8 Å². The molecule has 0 radical (unpaired) electrons. The summed E-state index contributed by atoms with van der Waals surface area (Å²) in [7, 11) is 3.07. The number of nitrogens with one attached hydrogen (secondary N) is 1. The van der Waals surface area contributed by atoms with E-state index in [1.165, 1.54) is 7.11 Å². The first kappa shape index (κ1) is 15.7. The molecule has 0 heterocycles. The maximum Gasteiger partial charge on any atom is 0.255 e. The van der Waals surface area contributed by atoms with Crippen LogP contribution in [0.1, 0.15) is 10.4 Å². The third-order valence-electron chi connectivity index (χ3n) is 2.82. The number of ether oxygens (including phenoxy) is 2. The highest BCUT2D eigenvalue weighted by Crippen LogP contribution is 2.29. The summed E-state index contributed by atoms with van der Waals surface area (Å²) >= 11 is 9.23. The number of rotatable bonds is 4. The zero-order valence-electron chi connectivity index (χ0n) is 11.4. The van der Waals surface area contributed by atoms with Gasteiger partial charge in [-0.3, -0.25) is 4.79 Å². The van der Waals surface area contributed by atoms with E-state index in [1.54, 1.807) is 43.5 Å². The number of benzene rings is 2. The lowest BCUT2D eigenvalue weighted by Gasteiger charge is -2.10. The molecule has 1 amide bonds. The van der Waals surface area contributed by atoms with E-state index >= 15 is 0 Å². The van der Waals surface area contributed by atoms with E-state index in [0.717, 1.165) is 0 Å². The van der Waals surface area contributed by atoms with Crippen molar-refractivity contribution in [2.45, 2.75) is 0 Å². The smallest absolute Gasteiger partial charge is 0.255 e. The first-order chi connectivity index (χ1) is 10.0. The number of hydrogen-bond donors (Lipinski definition) is 1. The van der Waals surface area contributed by atoms with Crippen LogP contribution in [-0.4, -0.2) is 20.1 Å². The van der Waals surface area contributed by atoms with Gasteiger partial charge in [-0.05, 0) is 52.3 Å². The summed E-state index contributed by atoms with van der Waals surface area (Å²) in [4.78, 5) is 12.2. The Kier molecular flexibility index (Phi) is 5.09. The van der Waals surface area contributed by atoms with Crippen molar-refractivity contribution in [3.05, 3.63) is 51.5 Å². The Bertz CT molecular complexity index is 676. The van der Waals surface area contributed by atoms with Gasteiger partial charge in [0.25, 0.3) is 5.91 Å². The molecule has 0 unspecified atom stereocenters. The molecule has 0 aliphatic heterocycles. The summed E-state index contributed by atoms with van der Waals surface area (Å²) in [5, 5.41) is 3.37. The van der Waals surface area contributed by atoms with E-state index in [4.69, 9.17) is 21.1 Å². The SMILES string of the molecule is COc1ccc(C(=O)Nc2ccc(Cl)c(Br)c2)cc1OC. The van der Waals surface area contributed by atoms with Gasteiger partial charge in [-0.25, -0.2) is 0 Å². The van der Waals surface area contributed by atoms with Crippen LogP contribution in [0.25, 0.3) is 0 Å². The van der Waals surface area contributed by atoms with Crippen molar-refractivity contribution in [3.63, 3.8) is 0 Å². The summed E-state index contributed by atoms with van der Waals surface area (Å²) in [6, 6.07) is 10.1. The molecule has 0 fully saturated rings. The number of carbonyl (C=O) groups excluding carboxylic acids is 1. The van der Waals surface area contributed by atoms with Gasteiger partial charge in [0, 0.05) is 15.7 Å². The van der Waals surface area contributed by atoms with Gasteiger partial charge < -0.3 is 14.8 Å². The van der Waals surface area contributed by atoms with Gasteiger partial charge >= 0.3 is 0 Å². The van der Waals surface area contributed by atoms with Crippen LogP contribution in [0.4, 0.5) is 5.69 Å². The Labute approximate surface area is 136 Å². The number of amides is 1. The molecule has 2 aromatic carbocycles. The van der Waals surface area contributed by atoms with Gasteiger partial charge in [-0.1, -0.05) is 11.6 Å². The molecule has 0 aliphatic carbocycles. The molecule has 0 atom stereocenters. The minimum atomic E-state index is -0.245. The molecular weight excluding hydrogens is 358 g/mol. The second kappa shape index (κ2) is 6.83. The molecule has 21 heavy (non-hydrogen) atoms. The second-order valence-corrected chi connectivity index (χ2v) is 5.41. The molecule has 2 rings (SSSR count). The largest absolute Gasteiger partial charge is 0.493 e. The fourth-order valence-corrected chi connectivity index (χ4v) is 2.25. The molecule has 0 saturated heterocycles. The Balaban J connectivity index is 2.21. The van der Waals surface area contributed by atoms with Gasteiger partial charge in [0.05, 0.1) is 19.2 Å². The highest BCUT2D eigenvalue weighted by atomic mass is 79.9. The van der Waals surface area contributed by atoms with E-state index in [2.05, 4.69) is 21.2 Å². The summed E-state index contributed by atoms with van der Waals surface area (Å²) in [6.07, 6.45) is 0. The molecule has 4 nitrogen and oxygen atoms in total. The zero-order valence-corrected chi connectivity index (χ0v) is 13.8. The number of methoxy groups -OCH3 is 2. The normalized spacial score (nSPS) is 10.1. The average molecular weight is 371 g/mol. The minimum Gasteiger partial charge on any atom is -0.493 e. The van der Waals surface area contributed by atoms with Crippen LogP contribution in [0.3, 0.4) is 0 Å². The average Bonchev–Trinajstić information content (AvgIpc) is 2.50. The Hall–Kier alpha value is -1.72. The van der Waals surface area contributed by atoms with Gasteiger partial charge in [0.1, 0.15) is 0 Å². The summed E-state index contributed by atoms with van der Waals surface area (Å²) in [5.74, 6) is 0.830. The van der Waals surface area contributed by atoms with Crippen molar-refractivity contribution in [2.24, 2.45) is 0 Å². The Morgan fingerprint density at radius 2 is 1.81 bits per heavy atom. The lowest BCUT2D eigenvalue weighted by molar-refractivity contribution is 0.102. The maximum atomic E-state index is 12.2. The third-order valence-corrected chi connectivity index (χ3v) is 4.04. The number of carbonyl (C=O) groups is 1. The van der Waals surface area contributed by atoms with Crippen molar-refractivity contribution in [2.75, 3.05) is 19.5 Å². The van der Waals surface area contributed by atoms with Crippen LogP contribution in [0.5, 0.6) is 11.5 Å². The lowest BCUT2D eigenvalue weighted by Crippen LogP contribution is -2.12. The molecular formula is C15H13BrClNO3. The highest BCUT2D eigenvalue weighted by Gasteiger charge is 2.11. The summed E-state index contributed by atoms with van der Waals surface area (Å²) < 4.78 is 11.0. The highest BCUT2D eigenvalue weighted by molar-refractivity contribution is 9.10. The standard InChI is InChI=1S/C15H13BrClNO3/c1-20-13-6-3-9(7-14(13)21-2)15(19)18-10-4-5-12(17)11(16)8-10/h3-8H,1-2H3,(H,18,19). The molecule has 0 spiro atoms. The summed E-state index contributed by atoms with van der Waals surface area (Å²) in [5.41, 5.74) is 1.12. The van der Waals surface area contributed by atoms with Crippen LogP contribution >= 0.6 is 27.5 Å². The summed E-state index contributed by atoms with van der Waals surface area (Å²) in [6.45, 7) is 0. The predicted octanol–water partition coefficient (Wildman–Crippen LogP) is 4.37. The van der Waals surface area contributed by atoms with Crippen molar-refractivity contribution < 1.29 is 14.3 Å².